The second kappa shape index (κ2) is 5.52. The van der Waals surface area contributed by atoms with Gasteiger partial charge in [-0.05, 0) is 44.4 Å². The van der Waals surface area contributed by atoms with Crippen LogP contribution in [0, 0.1) is 12.3 Å². The van der Waals surface area contributed by atoms with Crippen molar-refractivity contribution in [2.75, 3.05) is 13.2 Å². The van der Waals surface area contributed by atoms with Crippen LogP contribution in [0.3, 0.4) is 0 Å². The number of carboxylic acid groups (broad SMARTS) is 1. The van der Waals surface area contributed by atoms with Crippen molar-refractivity contribution in [1.29, 1.82) is 0 Å². The number of benzene rings is 1. The summed E-state index contributed by atoms with van der Waals surface area (Å²) in [6.45, 7) is 6.47. The zero-order valence-electron chi connectivity index (χ0n) is 12.0. The molecule has 0 aromatic heterocycles. The number of hydrogen-bond acceptors (Lipinski definition) is 3. The Morgan fingerprint density at radius 3 is 2.55 bits per heavy atom. The number of fused-ring (bicyclic) bond motifs is 1. The number of carbonyl (C=O) groups is 1. The summed E-state index contributed by atoms with van der Waals surface area (Å²) in [7, 11) is 0. The standard InChI is InChI=1S/C15H19ClO4/c1-9-10(8-15(2,3)14(17)18)7-11(16)13-12(9)19-5-4-6-20-13/h7H,4-6,8H2,1-3H3,(H,17,18). The predicted octanol–water partition coefficient (Wildman–Crippen LogP) is 3.46. The monoisotopic (exact) mass is 298 g/mol. The Morgan fingerprint density at radius 1 is 1.35 bits per heavy atom. The normalized spacial score (nSPS) is 14.8. The summed E-state index contributed by atoms with van der Waals surface area (Å²) in [5, 5.41) is 9.73. The van der Waals surface area contributed by atoms with Crippen LogP contribution in [0.2, 0.25) is 5.02 Å². The molecule has 0 fully saturated rings. The van der Waals surface area contributed by atoms with E-state index in [1.165, 1.54) is 0 Å². The first-order valence-electron chi connectivity index (χ1n) is 6.64. The maximum Gasteiger partial charge on any atom is 0.309 e. The van der Waals surface area contributed by atoms with E-state index in [9.17, 15) is 9.90 Å². The average molecular weight is 299 g/mol. The Balaban J connectivity index is 2.43. The number of hydrogen-bond donors (Lipinski definition) is 1. The molecule has 0 bridgehead atoms. The number of rotatable bonds is 3. The number of ether oxygens (including phenoxy) is 2. The molecule has 0 atom stereocenters. The third-order valence-corrected chi connectivity index (χ3v) is 3.82. The molecular formula is C15H19ClO4. The minimum absolute atomic E-state index is 0.393. The van der Waals surface area contributed by atoms with Crippen molar-refractivity contribution in [3.8, 4) is 11.5 Å². The van der Waals surface area contributed by atoms with Gasteiger partial charge >= 0.3 is 5.97 Å². The molecule has 110 valence electrons. The van der Waals surface area contributed by atoms with Crippen LogP contribution in [0.15, 0.2) is 6.07 Å². The SMILES string of the molecule is Cc1c(CC(C)(C)C(=O)O)cc(Cl)c2c1OCCCO2. The molecule has 4 nitrogen and oxygen atoms in total. The van der Waals surface area contributed by atoms with Gasteiger partial charge in [-0.15, -0.1) is 0 Å². The smallest absolute Gasteiger partial charge is 0.309 e. The highest BCUT2D eigenvalue weighted by Crippen LogP contribution is 2.42. The van der Waals surface area contributed by atoms with Crippen LogP contribution < -0.4 is 9.47 Å². The van der Waals surface area contributed by atoms with Gasteiger partial charge in [-0.1, -0.05) is 11.6 Å². The molecular weight excluding hydrogens is 280 g/mol. The molecule has 0 radical (unpaired) electrons. The van der Waals surface area contributed by atoms with E-state index in [4.69, 9.17) is 21.1 Å². The molecule has 0 amide bonds. The maximum atomic E-state index is 11.3. The Labute approximate surface area is 123 Å². The first kappa shape index (κ1) is 15.0. The van der Waals surface area contributed by atoms with Crippen molar-refractivity contribution < 1.29 is 19.4 Å². The highest BCUT2D eigenvalue weighted by atomic mass is 35.5. The highest BCUT2D eigenvalue weighted by Gasteiger charge is 2.30. The maximum absolute atomic E-state index is 11.3. The number of carboxylic acids is 1. The summed E-state index contributed by atoms with van der Waals surface area (Å²) in [5.41, 5.74) is 0.931. The molecule has 1 N–H and O–H groups in total. The Morgan fingerprint density at radius 2 is 1.95 bits per heavy atom. The summed E-state index contributed by atoms with van der Waals surface area (Å²) in [6.07, 6.45) is 1.20. The molecule has 2 rings (SSSR count). The first-order chi connectivity index (χ1) is 9.33. The summed E-state index contributed by atoms with van der Waals surface area (Å²) in [4.78, 5) is 11.3. The molecule has 1 aromatic rings. The van der Waals surface area contributed by atoms with E-state index in [-0.39, 0.29) is 0 Å². The second-order valence-corrected chi connectivity index (χ2v) is 6.12. The molecule has 1 aromatic carbocycles. The molecule has 5 heteroatoms. The van der Waals surface area contributed by atoms with Gasteiger partial charge < -0.3 is 14.6 Å². The van der Waals surface area contributed by atoms with Gasteiger partial charge in [-0.25, -0.2) is 0 Å². The van der Waals surface area contributed by atoms with Crippen LogP contribution in [0.5, 0.6) is 11.5 Å². The Bertz CT molecular complexity index is 537. The van der Waals surface area contributed by atoms with Crippen molar-refractivity contribution in [2.45, 2.75) is 33.6 Å². The van der Waals surface area contributed by atoms with E-state index in [2.05, 4.69) is 0 Å². The molecule has 1 aliphatic heterocycles. The van der Waals surface area contributed by atoms with E-state index in [0.29, 0.717) is 36.2 Å². The fraction of sp³-hybridized carbons (Fsp3) is 0.533. The largest absolute Gasteiger partial charge is 0.489 e. The molecule has 0 aliphatic carbocycles. The average Bonchev–Trinajstić information content (AvgIpc) is 2.61. The number of aliphatic carboxylic acids is 1. The lowest BCUT2D eigenvalue weighted by Crippen LogP contribution is -2.26. The van der Waals surface area contributed by atoms with Crippen molar-refractivity contribution >= 4 is 17.6 Å². The van der Waals surface area contributed by atoms with Crippen molar-refractivity contribution in [3.05, 3.63) is 22.2 Å². The summed E-state index contributed by atoms with van der Waals surface area (Å²) in [5.74, 6) is 0.380. The van der Waals surface area contributed by atoms with Gasteiger partial charge in [0.25, 0.3) is 0 Å². The topological polar surface area (TPSA) is 55.8 Å². The van der Waals surface area contributed by atoms with Crippen LogP contribution in [0.4, 0.5) is 0 Å². The van der Waals surface area contributed by atoms with E-state index in [1.54, 1.807) is 19.9 Å². The van der Waals surface area contributed by atoms with Crippen molar-refractivity contribution in [3.63, 3.8) is 0 Å². The fourth-order valence-corrected chi connectivity index (χ4v) is 2.47. The molecule has 1 heterocycles. The van der Waals surface area contributed by atoms with E-state index in [1.807, 2.05) is 6.92 Å². The highest BCUT2D eigenvalue weighted by molar-refractivity contribution is 6.32. The lowest BCUT2D eigenvalue weighted by atomic mass is 9.84. The van der Waals surface area contributed by atoms with Crippen LogP contribution in [0.1, 0.15) is 31.4 Å². The molecule has 1 aliphatic rings. The van der Waals surface area contributed by atoms with Crippen molar-refractivity contribution in [1.82, 2.24) is 0 Å². The number of halogens is 1. The van der Waals surface area contributed by atoms with Crippen LogP contribution in [-0.4, -0.2) is 24.3 Å². The Hall–Kier alpha value is -1.42. The molecule has 20 heavy (non-hydrogen) atoms. The Kier molecular flexibility index (Phi) is 4.14. The zero-order chi connectivity index (χ0) is 14.9. The molecule has 0 unspecified atom stereocenters. The third-order valence-electron chi connectivity index (χ3n) is 3.54. The van der Waals surface area contributed by atoms with Crippen molar-refractivity contribution in [2.24, 2.45) is 5.41 Å². The first-order valence-corrected chi connectivity index (χ1v) is 7.01. The van der Waals surface area contributed by atoms with Gasteiger partial charge in [0.15, 0.2) is 11.5 Å². The second-order valence-electron chi connectivity index (χ2n) is 5.72. The minimum atomic E-state index is -0.853. The quantitative estimate of drug-likeness (QED) is 0.928. The van der Waals surface area contributed by atoms with Gasteiger partial charge in [-0.3, -0.25) is 4.79 Å². The van der Waals surface area contributed by atoms with Gasteiger partial charge in [-0.2, -0.15) is 0 Å². The summed E-state index contributed by atoms with van der Waals surface area (Å²) >= 11 is 6.25. The molecule has 0 saturated carbocycles. The molecule has 0 saturated heterocycles. The van der Waals surface area contributed by atoms with Gasteiger partial charge in [0.05, 0.1) is 23.7 Å². The van der Waals surface area contributed by atoms with Gasteiger partial charge in [0, 0.05) is 6.42 Å². The minimum Gasteiger partial charge on any atom is -0.489 e. The summed E-state index contributed by atoms with van der Waals surface area (Å²) in [6, 6.07) is 1.79. The van der Waals surface area contributed by atoms with Crippen LogP contribution in [0.25, 0.3) is 0 Å². The lowest BCUT2D eigenvalue weighted by Gasteiger charge is -2.22. The van der Waals surface area contributed by atoms with E-state index in [0.717, 1.165) is 17.5 Å². The lowest BCUT2D eigenvalue weighted by molar-refractivity contribution is -0.146. The van der Waals surface area contributed by atoms with Crippen LogP contribution in [-0.2, 0) is 11.2 Å². The van der Waals surface area contributed by atoms with Gasteiger partial charge in [0.1, 0.15) is 0 Å². The zero-order valence-corrected chi connectivity index (χ0v) is 12.7. The summed E-state index contributed by atoms with van der Waals surface area (Å²) < 4.78 is 11.3. The molecule has 0 spiro atoms. The predicted molar refractivity (Wildman–Crippen MR) is 76.9 cm³/mol. The van der Waals surface area contributed by atoms with Crippen LogP contribution >= 0.6 is 11.6 Å². The van der Waals surface area contributed by atoms with E-state index >= 15 is 0 Å². The third kappa shape index (κ3) is 2.85. The van der Waals surface area contributed by atoms with E-state index < -0.39 is 11.4 Å². The fourth-order valence-electron chi connectivity index (χ4n) is 2.20. The van der Waals surface area contributed by atoms with Gasteiger partial charge in [0.2, 0.25) is 0 Å².